The van der Waals surface area contributed by atoms with Crippen LogP contribution in [0.3, 0.4) is 0 Å². The van der Waals surface area contributed by atoms with E-state index in [9.17, 15) is 5.11 Å². The van der Waals surface area contributed by atoms with E-state index in [-0.39, 0.29) is 6.04 Å². The molecule has 0 radical (unpaired) electrons. The predicted molar refractivity (Wildman–Crippen MR) is 82.2 cm³/mol. The third-order valence-corrected chi connectivity index (χ3v) is 4.24. The molecule has 1 aliphatic rings. The zero-order valence-corrected chi connectivity index (χ0v) is 12.2. The number of hydrogen-bond donors (Lipinski definition) is 2. The van der Waals surface area contributed by atoms with Crippen LogP contribution in [0.15, 0.2) is 42.5 Å². The Morgan fingerprint density at radius 2 is 2.10 bits per heavy atom. The summed E-state index contributed by atoms with van der Waals surface area (Å²) in [6, 6.07) is 14.2. The Morgan fingerprint density at radius 3 is 2.90 bits per heavy atom. The van der Waals surface area contributed by atoms with Crippen molar-refractivity contribution in [3.63, 3.8) is 0 Å². The van der Waals surface area contributed by atoms with Gasteiger partial charge in [-0.1, -0.05) is 29.8 Å². The minimum atomic E-state index is 0.249. The first kappa shape index (κ1) is 13.5. The van der Waals surface area contributed by atoms with Crippen LogP contribution in [-0.4, -0.2) is 5.11 Å². The molecule has 0 spiro atoms. The van der Waals surface area contributed by atoms with Gasteiger partial charge in [0, 0.05) is 17.1 Å². The molecule has 1 aliphatic carbocycles. The number of benzene rings is 2. The Labute approximate surface area is 124 Å². The van der Waals surface area contributed by atoms with Crippen molar-refractivity contribution >= 4 is 11.6 Å². The van der Waals surface area contributed by atoms with Crippen LogP contribution < -0.4 is 5.32 Å². The second kappa shape index (κ2) is 5.47. The van der Waals surface area contributed by atoms with Gasteiger partial charge in [-0.3, -0.25) is 0 Å². The van der Waals surface area contributed by atoms with E-state index in [4.69, 9.17) is 11.6 Å². The Balaban J connectivity index is 1.77. The van der Waals surface area contributed by atoms with Gasteiger partial charge in [0.2, 0.25) is 0 Å². The molecule has 0 amide bonds. The number of hydrogen-bond acceptors (Lipinski definition) is 2. The molecule has 0 aliphatic heterocycles. The van der Waals surface area contributed by atoms with Crippen LogP contribution in [0, 0.1) is 0 Å². The molecule has 2 aromatic carbocycles. The van der Waals surface area contributed by atoms with E-state index in [2.05, 4.69) is 18.3 Å². The smallest absolute Gasteiger partial charge is 0.115 e. The van der Waals surface area contributed by atoms with Crippen LogP contribution in [-0.2, 0) is 6.42 Å². The van der Waals surface area contributed by atoms with Crippen molar-refractivity contribution in [1.29, 1.82) is 0 Å². The van der Waals surface area contributed by atoms with Gasteiger partial charge in [-0.15, -0.1) is 0 Å². The minimum Gasteiger partial charge on any atom is -0.508 e. The van der Waals surface area contributed by atoms with Crippen molar-refractivity contribution in [2.75, 3.05) is 0 Å². The third kappa shape index (κ3) is 2.67. The molecule has 0 heterocycles. The van der Waals surface area contributed by atoms with Crippen molar-refractivity contribution in [3.05, 3.63) is 64.2 Å². The molecule has 2 atom stereocenters. The fraction of sp³-hybridized carbons (Fsp3) is 0.294. The zero-order chi connectivity index (χ0) is 14.1. The predicted octanol–water partition coefficient (Wildman–Crippen LogP) is 4.38. The van der Waals surface area contributed by atoms with Crippen molar-refractivity contribution < 1.29 is 5.11 Å². The fourth-order valence-electron chi connectivity index (χ4n) is 2.95. The highest BCUT2D eigenvalue weighted by molar-refractivity contribution is 6.30. The lowest BCUT2D eigenvalue weighted by molar-refractivity contribution is 0.464. The lowest BCUT2D eigenvalue weighted by Gasteiger charge is -2.21. The molecule has 20 heavy (non-hydrogen) atoms. The minimum absolute atomic E-state index is 0.249. The van der Waals surface area contributed by atoms with E-state index in [1.165, 1.54) is 16.7 Å². The molecule has 3 rings (SSSR count). The Kier molecular flexibility index (Phi) is 3.68. The average Bonchev–Trinajstić information content (AvgIpc) is 2.81. The first-order valence-corrected chi connectivity index (χ1v) is 7.34. The molecule has 0 bridgehead atoms. The van der Waals surface area contributed by atoms with Crippen LogP contribution in [0.4, 0.5) is 0 Å². The lowest BCUT2D eigenvalue weighted by Crippen LogP contribution is -2.22. The number of halogens is 1. The number of rotatable bonds is 3. The number of aromatic hydroxyl groups is 1. The highest BCUT2D eigenvalue weighted by atomic mass is 35.5. The Morgan fingerprint density at radius 1 is 1.25 bits per heavy atom. The van der Waals surface area contributed by atoms with Gasteiger partial charge in [-0.05, 0) is 60.7 Å². The number of nitrogens with one attached hydrogen (secondary N) is 1. The third-order valence-electron chi connectivity index (χ3n) is 4.00. The maximum absolute atomic E-state index is 9.54. The molecule has 104 valence electrons. The molecule has 0 fully saturated rings. The highest BCUT2D eigenvalue weighted by Gasteiger charge is 2.24. The van der Waals surface area contributed by atoms with Crippen molar-refractivity contribution in [2.45, 2.75) is 31.8 Å². The van der Waals surface area contributed by atoms with Gasteiger partial charge in [0.25, 0.3) is 0 Å². The van der Waals surface area contributed by atoms with Crippen LogP contribution in [0.1, 0.15) is 42.1 Å². The fourth-order valence-corrected chi connectivity index (χ4v) is 3.15. The molecule has 1 unspecified atom stereocenters. The monoisotopic (exact) mass is 287 g/mol. The van der Waals surface area contributed by atoms with E-state index in [1.54, 1.807) is 6.07 Å². The van der Waals surface area contributed by atoms with Gasteiger partial charge in [0.05, 0.1) is 0 Å². The summed E-state index contributed by atoms with van der Waals surface area (Å²) in [7, 11) is 0. The van der Waals surface area contributed by atoms with E-state index >= 15 is 0 Å². The van der Waals surface area contributed by atoms with Crippen LogP contribution in [0.25, 0.3) is 0 Å². The summed E-state index contributed by atoms with van der Waals surface area (Å²) < 4.78 is 0. The molecule has 2 aromatic rings. The van der Waals surface area contributed by atoms with Crippen LogP contribution >= 0.6 is 11.6 Å². The van der Waals surface area contributed by atoms with Gasteiger partial charge in [0.1, 0.15) is 5.75 Å². The lowest BCUT2D eigenvalue weighted by atomic mass is 10.0. The standard InChI is InChI=1S/C17H18ClNO/c1-11(12-3-2-4-14(18)9-12)19-17-8-5-13-10-15(20)6-7-16(13)17/h2-4,6-7,9-11,17,19-20H,5,8H2,1H3/t11-,17?/m1/s1. The summed E-state index contributed by atoms with van der Waals surface area (Å²) >= 11 is 6.05. The van der Waals surface area contributed by atoms with Crippen LogP contribution in [0.5, 0.6) is 5.75 Å². The first-order valence-electron chi connectivity index (χ1n) is 6.97. The molecule has 2 nitrogen and oxygen atoms in total. The van der Waals surface area contributed by atoms with Gasteiger partial charge < -0.3 is 10.4 Å². The van der Waals surface area contributed by atoms with Gasteiger partial charge in [-0.2, -0.15) is 0 Å². The Bertz CT molecular complexity index is 626. The number of phenolic OH excluding ortho intramolecular Hbond substituents is 1. The molecule has 0 aromatic heterocycles. The first-order chi connectivity index (χ1) is 9.63. The van der Waals surface area contributed by atoms with E-state index in [1.807, 2.05) is 30.3 Å². The van der Waals surface area contributed by atoms with E-state index in [0.29, 0.717) is 11.8 Å². The highest BCUT2D eigenvalue weighted by Crippen LogP contribution is 2.35. The summed E-state index contributed by atoms with van der Waals surface area (Å²) in [4.78, 5) is 0. The summed E-state index contributed by atoms with van der Waals surface area (Å²) in [6.45, 7) is 2.16. The number of phenols is 1. The van der Waals surface area contributed by atoms with Crippen molar-refractivity contribution in [3.8, 4) is 5.75 Å². The second-order valence-electron chi connectivity index (χ2n) is 5.42. The topological polar surface area (TPSA) is 32.3 Å². The Hall–Kier alpha value is -1.51. The average molecular weight is 288 g/mol. The molecular weight excluding hydrogens is 270 g/mol. The van der Waals surface area contributed by atoms with Gasteiger partial charge >= 0.3 is 0 Å². The molecule has 2 N–H and O–H groups in total. The normalized spacial score (nSPS) is 18.8. The summed E-state index contributed by atoms with van der Waals surface area (Å²) in [6.07, 6.45) is 2.09. The zero-order valence-electron chi connectivity index (χ0n) is 11.4. The van der Waals surface area contributed by atoms with Crippen molar-refractivity contribution in [2.24, 2.45) is 0 Å². The molecule has 0 saturated carbocycles. The van der Waals surface area contributed by atoms with Gasteiger partial charge in [0.15, 0.2) is 0 Å². The largest absolute Gasteiger partial charge is 0.508 e. The quantitative estimate of drug-likeness (QED) is 0.878. The maximum Gasteiger partial charge on any atom is 0.115 e. The van der Waals surface area contributed by atoms with Crippen molar-refractivity contribution in [1.82, 2.24) is 5.32 Å². The molecular formula is C17H18ClNO. The summed E-state index contributed by atoms with van der Waals surface area (Å²) in [5, 5.41) is 14.0. The van der Waals surface area contributed by atoms with E-state index < -0.39 is 0 Å². The second-order valence-corrected chi connectivity index (χ2v) is 5.85. The molecule has 0 saturated heterocycles. The van der Waals surface area contributed by atoms with Gasteiger partial charge in [-0.25, -0.2) is 0 Å². The summed E-state index contributed by atoms with van der Waals surface area (Å²) in [5.41, 5.74) is 3.75. The number of fused-ring (bicyclic) bond motifs is 1. The van der Waals surface area contributed by atoms with Crippen LogP contribution in [0.2, 0.25) is 5.02 Å². The van der Waals surface area contributed by atoms with E-state index in [0.717, 1.165) is 17.9 Å². The summed E-state index contributed by atoms with van der Waals surface area (Å²) in [5.74, 6) is 0.354. The number of aryl methyl sites for hydroxylation is 1. The molecule has 3 heteroatoms. The SMILES string of the molecule is C[C@@H](NC1CCc2cc(O)ccc21)c1cccc(Cl)c1. The maximum atomic E-state index is 9.54.